The molecule has 0 amide bonds. The van der Waals surface area contributed by atoms with Crippen LogP contribution in [0.4, 0.5) is 13.2 Å². The number of nitrogens with zero attached hydrogens (tertiary/aromatic N) is 1. The van der Waals surface area contributed by atoms with Crippen molar-refractivity contribution in [1.82, 2.24) is 4.57 Å². The summed E-state index contributed by atoms with van der Waals surface area (Å²) in [6, 6.07) is 1.35. The molecule has 2 nitrogen and oxygen atoms in total. The molecule has 1 aromatic rings. The molecule has 0 fully saturated rings. The molecule has 0 saturated carbocycles. The molecule has 0 bridgehead atoms. The highest BCUT2D eigenvalue weighted by Crippen LogP contribution is 2.20. The molecular formula is C9H9F3INO. The Morgan fingerprint density at radius 3 is 2.60 bits per heavy atom. The summed E-state index contributed by atoms with van der Waals surface area (Å²) in [5.74, 6) is 0. The number of alkyl halides is 3. The van der Waals surface area contributed by atoms with Crippen molar-refractivity contribution in [2.24, 2.45) is 0 Å². The van der Waals surface area contributed by atoms with E-state index >= 15 is 0 Å². The van der Waals surface area contributed by atoms with Crippen LogP contribution < -0.4 is 5.56 Å². The highest BCUT2D eigenvalue weighted by molar-refractivity contribution is 14.1. The quantitative estimate of drug-likeness (QED) is 0.764. The van der Waals surface area contributed by atoms with E-state index in [2.05, 4.69) is 0 Å². The number of halogens is 4. The summed E-state index contributed by atoms with van der Waals surface area (Å²) in [4.78, 5) is 11.3. The molecule has 1 heterocycles. The molecule has 0 unspecified atom stereocenters. The van der Waals surface area contributed by atoms with E-state index in [1.165, 1.54) is 12.3 Å². The van der Waals surface area contributed by atoms with Crippen molar-refractivity contribution in [3.63, 3.8) is 0 Å². The largest absolute Gasteiger partial charge is 0.390 e. The van der Waals surface area contributed by atoms with Crippen molar-refractivity contribution in [3.8, 4) is 0 Å². The minimum atomic E-state index is -4.23. The molecule has 0 radical (unpaired) electrons. The van der Waals surface area contributed by atoms with Gasteiger partial charge in [-0.3, -0.25) is 4.79 Å². The van der Waals surface area contributed by atoms with Gasteiger partial charge in [0.15, 0.2) is 0 Å². The van der Waals surface area contributed by atoms with E-state index in [0.29, 0.717) is 0 Å². The Labute approximate surface area is 98.2 Å². The minimum Gasteiger partial charge on any atom is -0.314 e. The molecule has 1 rings (SSSR count). The zero-order chi connectivity index (χ0) is 11.6. The van der Waals surface area contributed by atoms with E-state index in [0.717, 1.165) is 13.7 Å². The molecule has 0 atom stereocenters. The van der Waals surface area contributed by atoms with Crippen LogP contribution in [0.3, 0.4) is 0 Å². The van der Waals surface area contributed by atoms with Gasteiger partial charge in [-0.1, -0.05) is 0 Å². The lowest BCUT2D eigenvalue weighted by Gasteiger charge is -2.09. The molecule has 0 saturated heterocycles. The van der Waals surface area contributed by atoms with Crippen LogP contribution in [-0.2, 0) is 6.54 Å². The third-order valence-corrected chi connectivity index (χ3v) is 3.03. The third-order valence-electron chi connectivity index (χ3n) is 1.91. The number of rotatable bonds is 2. The predicted molar refractivity (Wildman–Crippen MR) is 58.8 cm³/mol. The van der Waals surface area contributed by atoms with E-state index in [9.17, 15) is 18.0 Å². The molecule has 0 aliphatic heterocycles. The van der Waals surface area contributed by atoms with Gasteiger partial charge < -0.3 is 4.57 Å². The molecule has 1 aromatic heterocycles. The van der Waals surface area contributed by atoms with Gasteiger partial charge >= 0.3 is 6.18 Å². The lowest BCUT2D eigenvalue weighted by atomic mass is 10.3. The summed E-state index contributed by atoms with van der Waals surface area (Å²) in [7, 11) is 0. The Bertz CT molecular complexity index is 411. The standard InChI is InChI=1S/C9H9F3INO/c1-6-4-8(15)14(5-7(6)13)3-2-9(10,11)12/h4-5H,2-3H2,1H3. The highest BCUT2D eigenvalue weighted by Gasteiger charge is 2.26. The fourth-order valence-electron chi connectivity index (χ4n) is 1.06. The highest BCUT2D eigenvalue weighted by atomic mass is 127. The average Bonchev–Trinajstić information content (AvgIpc) is 2.07. The summed E-state index contributed by atoms with van der Waals surface area (Å²) in [5.41, 5.74) is 0.390. The summed E-state index contributed by atoms with van der Waals surface area (Å²) in [6.45, 7) is 1.43. The van der Waals surface area contributed by atoms with Crippen LogP contribution in [-0.4, -0.2) is 10.7 Å². The van der Waals surface area contributed by atoms with Gasteiger partial charge in [0.1, 0.15) is 0 Å². The molecular weight excluding hydrogens is 322 g/mol. The SMILES string of the molecule is Cc1cc(=O)n(CCC(F)(F)F)cc1I. The number of hydrogen-bond acceptors (Lipinski definition) is 1. The Hall–Kier alpha value is -0.530. The van der Waals surface area contributed by atoms with Gasteiger partial charge in [-0.05, 0) is 35.1 Å². The van der Waals surface area contributed by atoms with Crippen molar-refractivity contribution in [2.75, 3.05) is 0 Å². The van der Waals surface area contributed by atoms with E-state index in [1.807, 2.05) is 22.6 Å². The third kappa shape index (κ3) is 3.84. The number of hydrogen-bond donors (Lipinski definition) is 0. The van der Waals surface area contributed by atoms with Crippen molar-refractivity contribution >= 4 is 22.6 Å². The van der Waals surface area contributed by atoms with Crippen molar-refractivity contribution < 1.29 is 13.2 Å². The van der Waals surface area contributed by atoms with Gasteiger partial charge in [0.05, 0.1) is 6.42 Å². The summed E-state index contributed by atoms with van der Waals surface area (Å²) < 4.78 is 37.7. The van der Waals surface area contributed by atoms with Crippen LogP contribution in [0.25, 0.3) is 0 Å². The van der Waals surface area contributed by atoms with Crippen molar-refractivity contribution in [1.29, 1.82) is 0 Å². The molecule has 0 aliphatic carbocycles. The molecule has 84 valence electrons. The van der Waals surface area contributed by atoms with Crippen molar-refractivity contribution in [2.45, 2.75) is 26.1 Å². The fourth-order valence-corrected chi connectivity index (χ4v) is 1.55. The summed E-state index contributed by atoms with van der Waals surface area (Å²) >= 11 is 1.99. The van der Waals surface area contributed by atoms with Crippen molar-refractivity contribution in [3.05, 3.63) is 31.8 Å². The average molecular weight is 331 g/mol. The molecule has 0 aliphatic rings. The molecule has 6 heteroatoms. The second-order valence-electron chi connectivity index (χ2n) is 3.20. The van der Waals surface area contributed by atoms with Crippen LogP contribution >= 0.6 is 22.6 Å². The molecule has 0 spiro atoms. The maximum Gasteiger partial charge on any atom is 0.390 e. The Morgan fingerprint density at radius 1 is 1.47 bits per heavy atom. The number of aromatic nitrogens is 1. The zero-order valence-corrected chi connectivity index (χ0v) is 10.1. The fraction of sp³-hybridized carbons (Fsp3) is 0.444. The lowest BCUT2D eigenvalue weighted by molar-refractivity contribution is -0.136. The maximum atomic E-state index is 11.9. The summed E-state index contributed by atoms with van der Waals surface area (Å²) in [5, 5.41) is 0. The Kier molecular flexibility index (Phi) is 3.80. The van der Waals surface area contributed by atoms with Crippen LogP contribution in [0.1, 0.15) is 12.0 Å². The smallest absolute Gasteiger partial charge is 0.314 e. The second kappa shape index (κ2) is 4.54. The van der Waals surface area contributed by atoms with E-state index in [-0.39, 0.29) is 6.54 Å². The maximum absolute atomic E-state index is 11.9. The Balaban J connectivity index is 2.87. The first-order valence-electron chi connectivity index (χ1n) is 4.23. The zero-order valence-electron chi connectivity index (χ0n) is 7.94. The van der Waals surface area contributed by atoms with E-state index in [1.54, 1.807) is 6.92 Å². The summed E-state index contributed by atoms with van der Waals surface area (Å²) in [6.07, 6.45) is -3.76. The van der Waals surface area contributed by atoms with Gasteiger partial charge in [0.2, 0.25) is 0 Å². The topological polar surface area (TPSA) is 22.0 Å². The second-order valence-corrected chi connectivity index (χ2v) is 4.36. The van der Waals surface area contributed by atoms with E-state index in [4.69, 9.17) is 0 Å². The molecule has 0 N–H and O–H groups in total. The molecule has 0 aromatic carbocycles. The van der Waals surface area contributed by atoms with Crippen LogP contribution in [0.15, 0.2) is 17.1 Å². The van der Waals surface area contributed by atoms with Crippen LogP contribution in [0.5, 0.6) is 0 Å². The normalized spacial score (nSPS) is 11.8. The minimum absolute atomic E-state index is 0.321. The first kappa shape index (κ1) is 12.5. The van der Waals surface area contributed by atoms with Crippen LogP contribution in [0, 0.1) is 10.5 Å². The van der Waals surface area contributed by atoms with Gasteiger partial charge in [-0.25, -0.2) is 0 Å². The monoisotopic (exact) mass is 331 g/mol. The predicted octanol–water partition coefficient (Wildman–Crippen LogP) is 2.71. The van der Waals surface area contributed by atoms with Gasteiger partial charge in [0, 0.05) is 22.4 Å². The first-order chi connectivity index (χ1) is 6.79. The van der Waals surface area contributed by atoms with E-state index < -0.39 is 18.2 Å². The molecule has 15 heavy (non-hydrogen) atoms. The van der Waals surface area contributed by atoms with Crippen LogP contribution in [0.2, 0.25) is 0 Å². The van der Waals surface area contributed by atoms with Gasteiger partial charge in [-0.2, -0.15) is 13.2 Å². The van der Waals surface area contributed by atoms with Gasteiger partial charge in [-0.15, -0.1) is 0 Å². The number of pyridine rings is 1. The number of aryl methyl sites for hydroxylation is 2. The Morgan fingerprint density at radius 2 is 2.07 bits per heavy atom. The first-order valence-corrected chi connectivity index (χ1v) is 5.31. The van der Waals surface area contributed by atoms with Gasteiger partial charge in [0.25, 0.3) is 5.56 Å². The lowest BCUT2D eigenvalue weighted by Crippen LogP contribution is -2.23.